The molecule has 0 amide bonds. The fraction of sp³-hybridized carbons (Fsp3) is 0.357. The van der Waals surface area contributed by atoms with E-state index in [0.29, 0.717) is 19.8 Å². The van der Waals surface area contributed by atoms with Gasteiger partial charge in [0.25, 0.3) is 0 Å². The molecule has 0 spiro atoms. The number of aliphatic hydroxyl groups excluding tert-OH is 1. The summed E-state index contributed by atoms with van der Waals surface area (Å²) in [5.74, 6) is 0.449. The van der Waals surface area contributed by atoms with Crippen molar-refractivity contribution in [2.45, 2.75) is 0 Å². The zero-order valence-corrected chi connectivity index (χ0v) is 11.1. The van der Waals surface area contributed by atoms with E-state index in [1.54, 1.807) is 0 Å². The van der Waals surface area contributed by atoms with E-state index in [4.69, 9.17) is 14.6 Å². The van der Waals surface area contributed by atoms with Crippen molar-refractivity contribution in [3.8, 4) is 5.75 Å². The highest BCUT2D eigenvalue weighted by molar-refractivity contribution is 5.80. The van der Waals surface area contributed by atoms with Crippen LogP contribution in [0.1, 0.15) is 0 Å². The maximum Gasteiger partial charge on any atom is 0.329 e. The molecule has 0 aliphatic rings. The molecule has 0 aliphatic heterocycles. The number of esters is 1. The molecule has 1 aromatic rings. The number of carbonyl (C=O) groups is 1. The molecule has 0 aliphatic carbocycles. The lowest BCUT2D eigenvalue weighted by molar-refractivity contribution is -0.134. The van der Waals surface area contributed by atoms with E-state index in [2.05, 4.69) is 11.3 Å². The third-order valence-electron chi connectivity index (χ3n) is 1.84. The van der Waals surface area contributed by atoms with Crippen molar-refractivity contribution >= 4 is 5.97 Å². The summed E-state index contributed by atoms with van der Waals surface area (Å²) in [6.07, 6.45) is 1.11. The maximum absolute atomic E-state index is 9.84. The van der Waals surface area contributed by atoms with Gasteiger partial charge < -0.3 is 19.3 Å². The van der Waals surface area contributed by atoms with Crippen LogP contribution in [-0.2, 0) is 14.3 Å². The van der Waals surface area contributed by atoms with Crippen LogP contribution in [0.3, 0.4) is 0 Å². The Morgan fingerprint density at radius 2 is 1.95 bits per heavy atom. The lowest BCUT2D eigenvalue weighted by Crippen LogP contribution is -2.08. The number of benzene rings is 1. The number of carbonyl (C=O) groups excluding carboxylic acids is 1. The summed E-state index contributed by atoms with van der Waals surface area (Å²) in [4.78, 5) is 9.84. The molecule has 0 radical (unpaired) electrons. The number of methoxy groups -OCH3 is 1. The summed E-state index contributed by atoms with van der Waals surface area (Å²) in [7, 11) is 1.31. The van der Waals surface area contributed by atoms with Crippen LogP contribution in [0, 0.1) is 0 Å². The number of ether oxygens (including phenoxy) is 3. The predicted octanol–water partition coefficient (Wildman–Crippen LogP) is 1.42. The fourth-order valence-corrected chi connectivity index (χ4v) is 0.985. The molecule has 0 heterocycles. The second-order valence-electron chi connectivity index (χ2n) is 3.22. The minimum absolute atomic E-state index is 0.0609. The number of hydrogen-bond acceptors (Lipinski definition) is 5. The minimum Gasteiger partial charge on any atom is -0.491 e. The normalized spacial score (nSPS) is 8.95. The van der Waals surface area contributed by atoms with Crippen LogP contribution in [0.25, 0.3) is 0 Å². The molecule has 5 nitrogen and oxygen atoms in total. The summed E-state index contributed by atoms with van der Waals surface area (Å²) in [6.45, 7) is 4.62. The van der Waals surface area contributed by atoms with Crippen molar-refractivity contribution in [3.63, 3.8) is 0 Å². The topological polar surface area (TPSA) is 65.0 Å². The van der Waals surface area contributed by atoms with Crippen molar-refractivity contribution in [3.05, 3.63) is 43.0 Å². The van der Waals surface area contributed by atoms with Gasteiger partial charge in [0.2, 0.25) is 0 Å². The number of aliphatic hydroxyl groups is 1. The van der Waals surface area contributed by atoms with Gasteiger partial charge >= 0.3 is 5.97 Å². The molecule has 0 bridgehead atoms. The van der Waals surface area contributed by atoms with Crippen LogP contribution in [0.5, 0.6) is 5.75 Å². The third-order valence-corrected chi connectivity index (χ3v) is 1.84. The summed E-state index contributed by atoms with van der Waals surface area (Å²) in [5, 5.41) is 8.42. The zero-order valence-electron chi connectivity index (χ0n) is 11.1. The first kappa shape index (κ1) is 17.2. The first-order valence-corrected chi connectivity index (χ1v) is 5.81. The van der Waals surface area contributed by atoms with Crippen LogP contribution in [0.15, 0.2) is 43.0 Å². The van der Waals surface area contributed by atoms with Gasteiger partial charge in [0.15, 0.2) is 0 Å². The molecular weight excluding hydrogens is 248 g/mol. The zero-order chi connectivity index (χ0) is 14.3. The second kappa shape index (κ2) is 12.6. The average molecular weight is 268 g/mol. The Kier molecular flexibility index (Phi) is 11.4. The van der Waals surface area contributed by atoms with Crippen LogP contribution in [0.4, 0.5) is 0 Å². The van der Waals surface area contributed by atoms with Gasteiger partial charge in [-0.3, -0.25) is 0 Å². The Morgan fingerprint density at radius 1 is 1.26 bits per heavy atom. The lowest BCUT2D eigenvalue weighted by Gasteiger charge is -2.05. The first-order valence-electron chi connectivity index (χ1n) is 5.81. The molecule has 1 rings (SSSR count). The van der Waals surface area contributed by atoms with Gasteiger partial charge in [0.1, 0.15) is 12.4 Å². The highest BCUT2D eigenvalue weighted by Gasteiger charge is 1.90. The van der Waals surface area contributed by atoms with Gasteiger partial charge in [-0.15, -0.1) is 0 Å². The molecule has 5 heteroatoms. The van der Waals surface area contributed by atoms with Crippen LogP contribution >= 0.6 is 0 Å². The highest BCUT2D eigenvalue weighted by atomic mass is 16.5. The molecule has 0 saturated heterocycles. The quantitative estimate of drug-likeness (QED) is 0.460. The molecule has 0 fully saturated rings. The number of para-hydroxylation sites is 1. The van der Waals surface area contributed by atoms with E-state index in [1.807, 2.05) is 30.3 Å². The summed E-state index contributed by atoms with van der Waals surface area (Å²) in [6, 6.07) is 9.57. The van der Waals surface area contributed by atoms with Gasteiger partial charge in [-0.1, -0.05) is 24.8 Å². The molecule has 0 atom stereocenters. The van der Waals surface area contributed by atoms with Crippen LogP contribution in [-0.4, -0.2) is 44.6 Å². The summed E-state index contributed by atoms with van der Waals surface area (Å²) >= 11 is 0. The molecule has 0 aromatic heterocycles. The van der Waals surface area contributed by atoms with E-state index in [1.165, 1.54) is 7.11 Å². The van der Waals surface area contributed by atoms with Crippen LogP contribution < -0.4 is 4.74 Å². The molecular formula is C14H20O5. The Hall–Kier alpha value is -1.85. The smallest absolute Gasteiger partial charge is 0.329 e. The minimum atomic E-state index is -0.394. The van der Waals surface area contributed by atoms with Gasteiger partial charge in [0.05, 0.1) is 26.9 Å². The number of rotatable bonds is 7. The SMILES string of the molecule is C=CC(=O)OC.OCCOCCOc1ccccc1. The second-order valence-corrected chi connectivity index (χ2v) is 3.22. The van der Waals surface area contributed by atoms with Gasteiger partial charge in [0, 0.05) is 6.08 Å². The van der Waals surface area contributed by atoms with E-state index in [9.17, 15) is 4.79 Å². The maximum atomic E-state index is 9.84. The van der Waals surface area contributed by atoms with E-state index in [0.717, 1.165) is 11.8 Å². The summed E-state index contributed by atoms with van der Waals surface area (Å²) < 4.78 is 14.5. The average Bonchev–Trinajstić information content (AvgIpc) is 2.48. The van der Waals surface area contributed by atoms with Crippen molar-refractivity contribution in [2.24, 2.45) is 0 Å². The Morgan fingerprint density at radius 3 is 2.42 bits per heavy atom. The Balaban J connectivity index is 0.000000459. The van der Waals surface area contributed by atoms with E-state index >= 15 is 0 Å². The monoisotopic (exact) mass is 268 g/mol. The molecule has 0 saturated carbocycles. The predicted molar refractivity (Wildman–Crippen MR) is 72.1 cm³/mol. The van der Waals surface area contributed by atoms with Gasteiger partial charge in [-0.25, -0.2) is 4.79 Å². The molecule has 0 unspecified atom stereocenters. The lowest BCUT2D eigenvalue weighted by atomic mass is 10.3. The van der Waals surface area contributed by atoms with Crippen molar-refractivity contribution < 1.29 is 24.1 Å². The molecule has 106 valence electrons. The molecule has 1 aromatic carbocycles. The van der Waals surface area contributed by atoms with Crippen LogP contribution in [0.2, 0.25) is 0 Å². The van der Waals surface area contributed by atoms with Gasteiger partial charge in [-0.05, 0) is 12.1 Å². The highest BCUT2D eigenvalue weighted by Crippen LogP contribution is 2.07. The first-order chi connectivity index (χ1) is 9.24. The molecule has 19 heavy (non-hydrogen) atoms. The third kappa shape index (κ3) is 11.0. The van der Waals surface area contributed by atoms with Crippen molar-refractivity contribution in [1.29, 1.82) is 0 Å². The fourth-order valence-electron chi connectivity index (χ4n) is 0.985. The van der Waals surface area contributed by atoms with Crippen molar-refractivity contribution in [1.82, 2.24) is 0 Å². The standard InChI is InChI=1S/C10H14O3.C4H6O2/c11-6-7-12-8-9-13-10-4-2-1-3-5-10;1-3-4(5)6-2/h1-5,11H,6-9H2;3H,1H2,2H3. The van der Waals surface area contributed by atoms with Crippen molar-refractivity contribution in [2.75, 3.05) is 33.5 Å². The summed E-state index contributed by atoms with van der Waals surface area (Å²) in [5.41, 5.74) is 0. The number of hydrogen-bond donors (Lipinski definition) is 1. The largest absolute Gasteiger partial charge is 0.491 e. The van der Waals surface area contributed by atoms with Gasteiger partial charge in [-0.2, -0.15) is 0 Å². The molecule has 1 N–H and O–H groups in total. The van der Waals surface area contributed by atoms with E-state index in [-0.39, 0.29) is 6.61 Å². The Bertz CT molecular complexity index is 337. The Labute approximate surface area is 113 Å². The van der Waals surface area contributed by atoms with E-state index < -0.39 is 5.97 Å².